The number of aromatic nitrogens is 1. The van der Waals surface area contributed by atoms with Gasteiger partial charge >= 0.3 is 5.97 Å². The van der Waals surface area contributed by atoms with Gasteiger partial charge in [-0.2, -0.15) is 0 Å². The Morgan fingerprint density at radius 1 is 1.00 bits per heavy atom. The summed E-state index contributed by atoms with van der Waals surface area (Å²) >= 11 is 0. The summed E-state index contributed by atoms with van der Waals surface area (Å²) in [6, 6.07) is 14.8. The van der Waals surface area contributed by atoms with Gasteiger partial charge in [-0.1, -0.05) is 36.4 Å². The summed E-state index contributed by atoms with van der Waals surface area (Å²) < 4.78 is 5.40. The van der Waals surface area contributed by atoms with Gasteiger partial charge < -0.3 is 9.72 Å². The number of fused-ring (bicyclic) bond motifs is 1. The average molecular weight is 321 g/mol. The van der Waals surface area contributed by atoms with Crippen LogP contribution in [0.4, 0.5) is 0 Å². The molecule has 0 bridgehead atoms. The van der Waals surface area contributed by atoms with E-state index >= 15 is 0 Å². The second-order valence-corrected chi connectivity index (χ2v) is 5.90. The molecule has 0 saturated carbocycles. The molecule has 0 aliphatic heterocycles. The maximum Gasteiger partial charge on any atom is 0.339 e. The second-order valence-electron chi connectivity index (χ2n) is 5.90. The van der Waals surface area contributed by atoms with Crippen molar-refractivity contribution in [2.75, 3.05) is 0 Å². The number of ketones is 1. The Morgan fingerprint density at radius 2 is 1.67 bits per heavy atom. The number of benzene rings is 2. The number of hydrogen-bond donors (Lipinski definition) is 1. The van der Waals surface area contributed by atoms with Crippen molar-refractivity contribution < 1.29 is 14.3 Å². The van der Waals surface area contributed by atoms with E-state index in [1.807, 2.05) is 50.2 Å². The smallest absolute Gasteiger partial charge is 0.339 e. The third kappa shape index (κ3) is 2.83. The topological polar surface area (TPSA) is 59.2 Å². The van der Waals surface area contributed by atoms with E-state index in [4.69, 9.17) is 4.74 Å². The first-order valence-corrected chi connectivity index (χ1v) is 7.87. The van der Waals surface area contributed by atoms with Gasteiger partial charge in [0.25, 0.3) is 0 Å². The van der Waals surface area contributed by atoms with Crippen LogP contribution in [0.3, 0.4) is 0 Å². The van der Waals surface area contributed by atoms with Crippen LogP contribution in [0.15, 0.2) is 48.5 Å². The number of para-hydroxylation sites is 1. The van der Waals surface area contributed by atoms with E-state index in [9.17, 15) is 9.59 Å². The number of rotatable bonds is 4. The number of Topliss-reactive ketones (excluding diaryl/α,β-unsaturated/α-hetero) is 1. The third-order valence-corrected chi connectivity index (χ3v) is 4.16. The number of hydrogen-bond acceptors (Lipinski definition) is 3. The van der Waals surface area contributed by atoms with Crippen LogP contribution in [0, 0.1) is 13.8 Å². The van der Waals surface area contributed by atoms with Gasteiger partial charge in [0.1, 0.15) is 0 Å². The van der Waals surface area contributed by atoms with Crippen LogP contribution < -0.4 is 0 Å². The molecule has 1 heterocycles. The molecule has 4 heteroatoms. The van der Waals surface area contributed by atoms with Crippen molar-refractivity contribution in [1.29, 1.82) is 0 Å². The highest BCUT2D eigenvalue weighted by Gasteiger charge is 2.25. The average Bonchev–Trinajstić information content (AvgIpc) is 2.90. The monoisotopic (exact) mass is 321 g/mol. The number of H-pyrrole nitrogens is 1. The van der Waals surface area contributed by atoms with Crippen molar-refractivity contribution in [2.45, 2.75) is 26.9 Å². The summed E-state index contributed by atoms with van der Waals surface area (Å²) in [5, 5.41) is 0.846. The summed E-state index contributed by atoms with van der Waals surface area (Å²) in [5.41, 5.74) is 3.56. The zero-order chi connectivity index (χ0) is 17.3. The largest absolute Gasteiger partial charge is 0.451 e. The van der Waals surface area contributed by atoms with Crippen LogP contribution in [-0.4, -0.2) is 22.8 Å². The summed E-state index contributed by atoms with van der Waals surface area (Å²) in [4.78, 5) is 28.3. The Kier molecular flexibility index (Phi) is 4.21. The molecule has 122 valence electrons. The predicted molar refractivity (Wildman–Crippen MR) is 93.4 cm³/mol. The molecular weight excluding hydrogens is 302 g/mol. The van der Waals surface area contributed by atoms with Crippen LogP contribution in [0.25, 0.3) is 10.9 Å². The van der Waals surface area contributed by atoms with Gasteiger partial charge in [-0.15, -0.1) is 0 Å². The summed E-state index contributed by atoms with van der Waals surface area (Å²) in [6.07, 6.45) is -0.852. The number of aromatic amines is 1. The lowest BCUT2D eigenvalue weighted by Gasteiger charge is -2.13. The number of carbonyl (C=O) groups is 2. The van der Waals surface area contributed by atoms with E-state index in [0.29, 0.717) is 11.1 Å². The normalized spacial score (nSPS) is 12.1. The summed E-state index contributed by atoms with van der Waals surface area (Å²) in [6.45, 7) is 5.30. The first-order chi connectivity index (χ1) is 11.5. The van der Waals surface area contributed by atoms with Crippen molar-refractivity contribution >= 4 is 22.7 Å². The lowest BCUT2D eigenvalue weighted by molar-refractivity contribution is 0.0318. The fourth-order valence-electron chi connectivity index (χ4n) is 2.88. The molecule has 2 aromatic carbocycles. The number of carbonyl (C=O) groups excluding carboxylic acids is 2. The maximum atomic E-state index is 12.8. The molecule has 1 aromatic heterocycles. The van der Waals surface area contributed by atoms with E-state index < -0.39 is 12.1 Å². The predicted octanol–water partition coefficient (Wildman–Crippen LogP) is 4.21. The van der Waals surface area contributed by atoms with Crippen LogP contribution in [0.5, 0.6) is 0 Å². The minimum atomic E-state index is -0.852. The van der Waals surface area contributed by atoms with Crippen LogP contribution in [0.2, 0.25) is 0 Å². The highest BCUT2D eigenvalue weighted by molar-refractivity contribution is 6.11. The number of ether oxygens (including phenoxy) is 1. The van der Waals surface area contributed by atoms with Crippen molar-refractivity contribution in [3.8, 4) is 0 Å². The number of aryl methyl sites for hydroxylation is 2. The van der Waals surface area contributed by atoms with E-state index in [1.165, 1.54) is 0 Å². The Morgan fingerprint density at radius 3 is 2.42 bits per heavy atom. The molecule has 0 spiro atoms. The molecule has 0 aliphatic carbocycles. The standard InChI is InChI=1S/C20H19NO3/c1-12-8-4-5-9-15(12)20(23)24-14(3)19(22)18-13(2)21-17-11-7-6-10-16(17)18/h4-11,14,21H,1-3H3/t14-/m1/s1. The molecule has 3 rings (SSSR count). The maximum absolute atomic E-state index is 12.8. The molecule has 1 N–H and O–H groups in total. The molecule has 24 heavy (non-hydrogen) atoms. The molecule has 0 amide bonds. The molecule has 0 aliphatic rings. The molecule has 1 atom stereocenters. The Labute approximate surface area is 140 Å². The van der Waals surface area contributed by atoms with Crippen LogP contribution in [0.1, 0.15) is 38.9 Å². The molecule has 3 aromatic rings. The first-order valence-electron chi connectivity index (χ1n) is 7.87. The van der Waals surface area contributed by atoms with Gasteiger partial charge in [0.15, 0.2) is 6.10 Å². The van der Waals surface area contributed by atoms with Gasteiger partial charge in [-0.05, 0) is 38.5 Å². The fourth-order valence-corrected chi connectivity index (χ4v) is 2.88. The lowest BCUT2D eigenvalue weighted by atomic mass is 10.0. The minimum absolute atomic E-state index is 0.202. The van der Waals surface area contributed by atoms with Crippen molar-refractivity contribution in [1.82, 2.24) is 4.98 Å². The molecule has 0 saturated heterocycles. The molecule has 4 nitrogen and oxygen atoms in total. The zero-order valence-corrected chi connectivity index (χ0v) is 13.9. The van der Waals surface area contributed by atoms with Crippen LogP contribution >= 0.6 is 0 Å². The van der Waals surface area contributed by atoms with Crippen molar-refractivity contribution in [3.63, 3.8) is 0 Å². The van der Waals surface area contributed by atoms with E-state index in [1.54, 1.807) is 19.1 Å². The summed E-state index contributed by atoms with van der Waals surface area (Å²) in [5.74, 6) is -0.682. The lowest BCUT2D eigenvalue weighted by Crippen LogP contribution is -2.25. The molecular formula is C20H19NO3. The third-order valence-electron chi connectivity index (χ3n) is 4.16. The number of esters is 1. The van der Waals surface area contributed by atoms with Gasteiger partial charge in [0.2, 0.25) is 5.78 Å². The fraction of sp³-hybridized carbons (Fsp3) is 0.200. The second kappa shape index (κ2) is 6.32. The van der Waals surface area contributed by atoms with E-state index in [-0.39, 0.29) is 5.78 Å². The zero-order valence-electron chi connectivity index (χ0n) is 13.9. The molecule has 0 radical (unpaired) electrons. The summed E-state index contributed by atoms with van der Waals surface area (Å²) in [7, 11) is 0. The van der Waals surface area contributed by atoms with E-state index in [2.05, 4.69) is 4.98 Å². The molecule has 0 fully saturated rings. The van der Waals surface area contributed by atoms with Gasteiger partial charge in [-0.3, -0.25) is 4.79 Å². The first kappa shape index (κ1) is 16.0. The molecule has 0 unspecified atom stereocenters. The van der Waals surface area contributed by atoms with Gasteiger partial charge in [0.05, 0.1) is 5.56 Å². The highest BCUT2D eigenvalue weighted by atomic mass is 16.5. The Balaban J connectivity index is 1.86. The van der Waals surface area contributed by atoms with E-state index in [0.717, 1.165) is 22.2 Å². The minimum Gasteiger partial charge on any atom is -0.451 e. The van der Waals surface area contributed by atoms with Gasteiger partial charge in [-0.25, -0.2) is 4.79 Å². The van der Waals surface area contributed by atoms with Gasteiger partial charge in [0, 0.05) is 22.2 Å². The SMILES string of the molecule is Cc1ccccc1C(=O)O[C@H](C)C(=O)c1c(C)[nH]c2ccccc12. The Hall–Kier alpha value is -2.88. The Bertz CT molecular complexity index is 924. The van der Waals surface area contributed by atoms with Crippen molar-refractivity contribution in [3.05, 3.63) is 70.9 Å². The van der Waals surface area contributed by atoms with Crippen molar-refractivity contribution in [2.24, 2.45) is 0 Å². The highest BCUT2D eigenvalue weighted by Crippen LogP contribution is 2.24. The van der Waals surface area contributed by atoms with Crippen LogP contribution in [-0.2, 0) is 4.74 Å². The quantitative estimate of drug-likeness (QED) is 0.578. The number of nitrogens with one attached hydrogen (secondary N) is 1.